The van der Waals surface area contributed by atoms with Gasteiger partial charge in [0.05, 0.1) is 18.4 Å². The number of nitrogens with one attached hydrogen (secondary N) is 2. The van der Waals surface area contributed by atoms with Crippen LogP contribution in [0.2, 0.25) is 0 Å². The second-order valence-electron chi connectivity index (χ2n) is 7.79. The van der Waals surface area contributed by atoms with E-state index in [1.54, 1.807) is 48.2 Å². The van der Waals surface area contributed by atoms with Gasteiger partial charge in [-0.1, -0.05) is 50.2 Å². The Morgan fingerprint density at radius 1 is 0.969 bits per heavy atom. The molecule has 0 aliphatic carbocycles. The number of amides is 1. The first kappa shape index (κ1) is 21.2. The van der Waals surface area contributed by atoms with Crippen molar-refractivity contribution in [2.45, 2.75) is 19.8 Å². The highest BCUT2D eigenvalue weighted by Gasteiger charge is 2.19. The molecule has 4 aromatic rings. The van der Waals surface area contributed by atoms with E-state index in [0.717, 1.165) is 16.9 Å². The number of aromatic amines is 1. The topological polar surface area (TPSA) is 76.1 Å². The van der Waals surface area contributed by atoms with Crippen molar-refractivity contribution in [3.8, 4) is 22.6 Å². The van der Waals surface area contributed by atoms with Crippen LogP contribution >= 0.6 is 0 Å². The van der Waals surface area contributed by atoms with E-state index in [9.17, 15) is 9.59 Å². The average molecular weight is 428 g/mol. The Labute approximate surface area is 186 Å². The summed E-state index contributed by atoms with van der Waals surface area (Å²) in [5.41, 5.74) is 4.13. The highest BCUT2D eigenvalue weighted by atomic mass is 16.5. The van der Waals surface area contributed by atoms with Crippen molar-refractivity contribution < 1.29 is 9.53 Å². The number of rotatable bonds is 6. The number of benzene rings is 3. The van der Waals surface area contributed by atoms with Crippen LogP contribution in [-0.2, 0) is 0 Å². The molecule has 2 N–H and O–H groups in total. The standard InChI is InChI=1S/C26H25N3O3/c1-17(2)24-23(26(31)29(28-24)21-9-5-4-6-10-21)18-12-14-20(15-13-18)27-25(30)19-8-7-11-22(16-19)32-3/h4-17,28H,1-3H3,(H,27,30). The van der Waals surface area contributed by atoms with Gasteiger partial charge in [0.15, 0.2) is 0 Å². The van der Waals surface area contributed by atoms with Crippen LogP contribution in [0.3, 0.4) is 0 Å². The predicted octanol–water partition coefficient (Wildman–Crippen LogP) is 5.22. The molecule has 6 heteroatoms. The minimum absolute atomic E-state index is 0.104. The normalized spacial score (nSPS) is 10.9. The molecular formula is C26H25N3O3. The molecule has 1 aromatic heterocycles. The second-order valence-corrected chi connectivity index (χ2v) is 7.79. The van der Waals surface area contributed by atoms with Crippen molar-refractivity contribution in [3.63, 3.8) is 0 Å². The summed E-state index contributed by atoms with van der Waals surface area (Å²) in [6.45, 7) is 4.10. The molecule has 162 valence electrons. The molecule has 0 atom stereocenters. The summed E-state index contributed by atoms with van der Waals surface area (Å²) in [5.74, 6) is 0.527. The van der Waals surface area contributed by atoms with Gasteiger partial charge in [0.2, 0.25) is 0 Å². The summed E-state index contributed by atoms with van der Waals surface area (Å²) in [7, 11) is 1.56. The number of anilines is 1. The molecule has 0 saturated carbocycles. The van der Waals surface area contributed by atoms with E-state index in [2.05, 4.69) is 10.4 Å². The SMILES string of the molecule is COc1cccc(C(=O)Nc2ccc(-c3c(C(C)C)[nH]n(-c4ccccc4)c3=O)cc2)c1. The third kappa shape index (κ3) is 4.21. The number of H-pyrrole nitrogens is 1. The van der Waals surface area contributed by atoms with Crippen LogP contribution in [0.15, 0.2) is 83.7 Å². The Morgan fingerprint density at radius 3 is 2.34 bits per heavy atom. The zero-order chi connectivity index (χ0) is 22.7. The number of aromatic nitrogens is 2. The van der Waals surface area contributed by atoms with Gasteiger partial charge in [-0.2, -0.15) is 0 Å². The molecule has 0 spiro atoms. The summed E-state index contributed by atoms with van der Waals surface area (Å²) in [5, 5.41) is 6.15. The summed E-state index contributed by atoms with van der Waals surface area (Å²) >= 11 is 0. The maximum atomic E-state index is 13.3. The lowest BCUT2D eigenvalue weighted by Gasteiger charge is -2.09. The van der Waals surface area contributed by atoms with E-state index in [1.165, 1.54) is 0 Å². The largest absolute Gasteiger partial charge is 0.497 e. The Hall–Kier alpha value is -4.06. The molecule has 1 heterocycles. The van der Waals surface area contributed by atoms with Crippen LogP contribution in [0.5, 0.6) is 5.75 Å². The van der Waals surface area contributed by atoms with Gasteiger partial charge in [-0.05, 0) is 53.9 Å². The van der Waals surface area contributed by atoms with Gasteiger partial charge in [-0.3, -0.25) is 14.7 Å². The molecule has 0 unspecified atom stereocenters. The third-order valence-electron chi connectivity index (χ3n) is 5.27. The van der Waals surface area contributed by atoms with Crippen LogP contribution in [0.25, 0.3) is 16.8 Å². The molecule has 1 amide bonds. The molecule has 32 heavy (non-hydrogen) atoms. The lowest BCUT2D eigenvalue weighted by atomic mass is 9.99. The summed E-state index contributed by atoms with van der Waals surface area (Å²) in [4.78, 5) is 25.8. The van der Waals surface area contributed by atoms with Crippen molar-refractivity contribution in [3.05, 3.63) is 100 Å². The maximum Gasteiger partial charge on any atom is 0.279 e. The van der Waals surface area contributed by atoms with E-state index < -0.39 is 0 Å². The summed E-state index contributed by atoms with van der Waals surface area (Å²) in [6.07, 6.45) is 0. The molecule has 0 fully saturated rings. The molecule has 0 aliphatic heterocycles. The number of nitrogens with zero attached hydrogens (tertiary/aromatic N) is 1. The fourth-order valence-electron chi connectivity index (χ4n) is 3.60. The smallest absolute Gasteiger partial charge is 0.279 e. The quantitative estimate of drug-likeness (QED) is 0.443. The number of methoxy groups -OCH3 is 1. The van der Waals surface area contributed by atoms with Crippen molar-refractivity contribution in [2.75, 3.05) is 12.4 Å². The highest BCUT2D eigenvalue weighted by Crippen LogP contribution is 2.27. The lowest BCUT2D eigenvalue weighted by molar-refractivity contribution is 0.102. The van der Waals surface area contributed by atoms with Gasteiger partial charge in [-0.15, -0.1) is 0 Å². The number of para-hydroxylation sites is 1. The van der Waals surface area contributed by atoms with Crippen LogP contribution < -0.4 is 15.6 Å². The van der Waals surface area contributed by atoms with E-state index >= 15 is 0 Å². The van der Waals surface area contributed by atoms with Crippen molar-refractivity contribution >= 4 is 11.6 Å². The summed E-state index contributed by atoms with van der Waals surface area (Å²) in [6, 6.07) is 23.8. The number of hydrogen-bond donors (Lipinski definition) is 2. The second kappa shape index (κ2) is 8.98. The molecule has 3 aromatic carbocycles. The monoisotopic (exact) mass is 427 g/mol. The number of carbonyl (C=O) groups excluding carboxylic acids is 1. The lowest BCUT2D eigenvalue weighted by Crippen LogP contribution is -2.15. The number of hydrogen-bond acceptors (Lipinski definition) is 3. The van der Waals surface area contributed by atoms with Gasteiger partial charge in [0.1, 0.15) is 5.75 Å². The zero-order valence-corrected chi connectivity index (χ0v) is 18.3. The fourth-order valence-corrected chi connectivity index (χ4v) is 3.60. The van der Waals surface area contributed by atoms with Crippen molar-refractivity contribution in [1.29, 1.82) is 0 Å². The Kier molecular flexibility index (Phi) is 5.94. The van der Waals surface area contributed by atoms with Crippen LogP contribution in [0, 0.1) is 0 Å². The van der Waals surface area contributed by atoms with Crippen molar-refractivity contribution in [2.24, 2.45) is 0 Å². The van der Waals surface area contributed by atoms with Gasteiger partial charge in [0, 0.05) is 16.9 Å². The van der Waals surface area contributed by atoms with Crippen LogP contribution in [0.4, 0.5) is 5.69 Å². The predicted molar refractivity (Wildman–Crippen MR) is 127 cm³/mol. The van der Waals surface area contributed by atoms with Gasteiger partial charge < -0.3 is 10.1 Å². The number of ether oxygens (including phenoxy) is 1. The molecule has 0 aliphatic rings. The Bertz CT molecular complexity index is 1290. The first-order chi connectivity index (χ1) is 15.5. The molecule has 0 bridgehead atoms. The van der Waals surface area contributed by atoms with E-state index in [1.807, 2.05) is 56.3 Å². The van der Waals surface area contributed by atoms with Crippen LogP contribution in [-0.4, -0.2) is 22.8 Å². The number of carbonyl (C=O) groups is 1. The van der Waals surface area contributed by atoms with E-state index in [-0.39, 0.29) is 17.4 Å². The Morgan fingerprint density at radius 2 is 1.69 bits per heavy atom. The van der Waals surface area contributed by atoms with E-state index in [4.69, 9.17) is 4.74 Å². The van der Waals surface area contributed by atoms with Gasteiger partial charge in [0.25, 0.3) is 11.5 Å². The molecular weight excluding hydrogens is 402 g/mol. The van der Waals surface area contributed by atoms with E-state index in [0.29, 0.717) is 22.6 Å². The minimum Gasteiger partial charge on any atom is -0.497 e. The van der Waals surface area contributed by atoms with Gasteiger partial charge >= 0.3 is 0 Å². The molecule has 0 radical (unpaired) electrons. The van der Waals surface area contributed by atoms with Crippen molar-refractivity contribution in [1.82, 2.24) is 9.78 Å². The van der Waals surface area contributed by atoms with Crippen LogP contribution in [0.1, 0.15) is 35.8 Å². The molecule has 4 rings (SSSR count). The van der Waals surface area contributed by atoms with Gasteiger partial charge in [-0.25, -0.2) is 4.68 Å². The fraction of sp³-hybridized carbons (Fsp3) is 0.154. The zero-order valence-electron chi connectivity index (χ0n) is 18.3. The third-order valence-corrected chi connectivity index (χ3v) is 5.27. The minimum atomic E-state index is -0.229. The Balaban J connectivity index is 1.63. The first-order valence-corrected chi connectivity index (χ1v) is 10.4. The summed E-state index contributed by atoms with van der Waals surface area (Å²) < 4.78 is 6.75. The maximum absolute atomic E-state index is 13.3. The average Bonchev–Trinajstić information content (AvgIpc) is 3.17. The first-order valence-electron chi connectivity index (χ1n) is 10.4. The highest BCUT2D eigenvalue weighted by molar-refractivity contribution is 6.04. The molecule has 6 nitrogen and oxygen atoms in total. The molecule has 0 saturated heterocycles.